The summed E-state index contributed by atoms with van der Waals surface area (Å²) in [5, 5.41) is 17.4. The highest BCUT2D eigenvalue weighted by Crippen LogP contribution is 2.17. The quantitative estimate of drug-likeness (QED) is 0.272. The number of hydrogen-bond donors (Lipinski definition) is 0. The van der Waals surface area contributed by atoms with Gasteiger partial charge in [-0.15, -0.1) is 10.2 Å². The number of aromatic nitrogens is 3. The Balaban J connectivity index is 1.55. The number of benzene rings is 3. The Hall–Kier alpha value is -3.28. The maximum Gasteiger partial charge on any atom is 0.254 e. The summed E-state index contributed by atoms with van der Waals surface area (Å²) in [6.07, 6.45) is 2.39. The molecular weight excluding hydrogens is 558 g/mol. The van der Waals surface area contributed by atoms with Gasteiger partial charge < -0.3 is 9.47 Å². The predicted octanol–water partition coefficient (Wildman–Crippen LogP) is 5.61. The highest BCUT2D eigenvalue weighted by atomic mass is 79.9. The van der Waals surface area contributed by atoms with Gasteiger partial charge in [-0.25, -0.2) is 0 Å². The second-order valence-corrected chi connectivity index (χ2v) is 9.63. The first-order chi connectivity index (χ1) is 16.5. The molecule has 0 unspecified atom stereocenters. The molecule has 0 aliphatic heterocycles. The van der Waals surface area contributed by atoms with Crippen molar-refractivity contribution in [2.45, 2.75) is 19.5 Å². The lowest BCUT2D eigenvalue weighted by Crippen LogP contribution is -2.33. The fourth-order valence-corrected chi connectivity index (χ4v) is 4.22. The molecule has 0 saturated heterocycles. The second kappa shape index (κ2) is 11.2. The molecule has 3 aromatic carbocycles. The Morgan fingerprint density at radius 3 is 2.41 bits per heavy atom. The van der Waals surface area contributed by atoms with Crippen LogP contribution < -0.4 is 0 Å². The molecular formula is C26H21Br2N5O. The maximum atomic E-state index is 13.4. The van der Waals surface area contributed by atoms with Gasteiger partial charge in [0.1, 0.15) is 6.33 Å². The van der Waals surface area contributed by atoms with E-state index in [1.54, 1.807) is 18.5 Å². The third-order valence-corrected chi connectivity index (χ3v) is 6.43. The molecule has 0 atom stereocenters. The van der Waals surface area contributed by atoms with Gasteiger partial charge in [0.05, 0.1) is 24.7 Å². The average molecular weight is 579 g/mol. The number of nitriles is 1. The molecule has 6 nitrogen and oxygen atoms in total. The summed E-state index contributed by atoms with van der Waals surface area (Å²) >= 11 is 6.93. The van der Waals surface area contributed by atoms with Crippen molar-refractivity contribution in [3.63, 3.8) is 0 Å². The number of rotatable bonds is 8. The van der Waals surface area contributed by atoms with Crippen LogP contribution in [0.15, 0.2) is 88.1 Å². The first-order valence-corrected chi connectivity index (χ1v) is 12.3. The van der Waals surface area contributed by atoms with Crippen molar-refractivity contribution in [3.05, 3.63) is 116 Å². The van der Waals surface area contributed by atoms with E-state index < -0.39 is 0 Å². The Kier molecular flexibility index (Phi) is 7.88. The minimum absolute atomic E-state index is 0.0636. The molecule has 0 spiro atoms. The maximum absolute atomic E-state index is 13.4. The van der Waals surface area contributed by atoms with E-state index in [1.807, 2.05) is 58.0 Å². The van der Waals surface area contributed by atoms with Gasteiger partial charge in [0, 0.05) is 21.1 Å². The lowest BCUT2D eigenvalue weighted by molar-refractivity contribution is 0.0739. The van der Waals surface area contributed by atoms with Gasteiger partial charge in [-0.2, -0.15) is 5.26 Å². The van der Waals surface area contributed by atoms with Crippen molar-refractivity contribution in [1.29, 1.82) is 5.26 Å². The fourth-order valence-electron chi connectivity index (χ4n) is 3.56. The second-order valence-electron chi connectivity index (χ2n) is 7.80. The normalized spacial score (nSPS) is 10.6. The lowest BCUT2D eigenvalue weighted by Gasteiger charge is -2.23. The zero-order chi connectivity index (χ0) is 23.9. The molecule has 4 aromatic rings. The van der Waals surface area contributed by atoms with E-state index in [2.05, 4.69) is 60.3 Å². The number of hydrogen-bond acceptors (Lipinski definition) is 4. The van der Waals surface area contributed by atoms with E-state index in [-0.39, 0.29) is 5.91 Å². The molecule has 8 heteroatoms. The standard InChI is InChI=1S/C26H21Br2N5O/c27-23-10-8-19(9-11-23)12-13-32(26(34)22-2-1-3-24(28)14-22)17-25-31-30-18-33(25)16-21-6-4-20(15-29)5-7-21/h1-11,14,18H,12-13,16-17H2. The fraction of sp³-hybridized carbons (Fsp3) is 0.154. The van der Waals surface area contributed by atoms with Crippen LogP contribution in [0, 0.1) is 11.3 Å². The Morgan fingerprint density at radius 1 is 0.971 bits per heavy atom. The highest BCUT2D eigenvalue weighted by molar-refractivity contribution is 9.10. The zero-order valence-electron chi connectivity index (χ0n) is 18.2. The number of nitrogens with zero attached hydrogens (tertiary/aromatic N) is 5. The summed E-state index contributed by atoms with van der Waals surface area (Å²) < 4.78 is 3.81. The molecule has 0 fully saturated rings. The Labute approximate surface area is 215 Å². The Bertz CT molecular complexity index is 1310. The molecule has 1 heterocycles. The average Bonchev–Trinajstić information content (AvgIpc) is 3.29. The number of halogens is 2. The van der Waals surface area contributed by atoms with Crippen LogP contribution in [0.3, 0.4) is 0 Å². The highest BCUT2D eigenvalue weighted by Gasteiger charge is 2.19. The molecule has 0 radical (unpaired) electrons. The van der Waals surface area contributed by atoms with Crippen LogP contribution in [0.4, 0.5) is 0 Å². The van der Waals surface area contributed by atoms with Crippen LogP contribution in [-0.2, 0) is 19.5 Å². The Morgan fingerprint density at radius 2 is 1.71 bits per heavy atom. The first-order valence-electron chi connectivity index (χ1n) is 10.7. The molecule has 1 amide bonds. The monoisotopic (exact) mass is 577 g/mol. The van der Waals surface area contributed by atoms with Crippen molar-refractivity contribution in [2.24, 2.45) is 0 Å². The SMILES string of the molecule is N#Cc1ccc(Cn2cnnc2CN(CCc2ccc(Br)cc2)C(=O)c2cccc(Br)c2)cc1. The van der Waals surface area contributed by atoms with Gasteiger partial charge in [-0.05, 0) is 60.0 Å². The summed E-state index contributed by atoms with van der Waals surface area (Å²) in [5.74, 6) is 0.634. The minimum atomic E-state index is -0.0636. The van der Waals surface area contributed by atoms with Crippen LogP contribution in [0.25, 0.3) is 0 Å². The molecule has 34 heavy (non-hydrogen) atoms. The molecule has 0 saturated carbocycles. The number of amides is 1. The van der Waals surface area contributed by atoms with E-state index in [1.165, 1.54) is 0 Å². The van der Waals surface area contributed by atoms with Crippen LogP contribution in [0.5, 0.6) is 0 Å². The minimum Gasteiger partial charge on any atom is -0.331 e. The van der Waals surface area contributed by atoms with Crippen molar-refractivity contribution in [2.75, 3.05) is 6.54 Å². The van der Waals surface area contributed by atoms with E-state index in [4.69, 9.17) is 5.26 Å². The van der Waals surface area contributed by atoms with Crippen LogP contribution in [0.1, 0.15) is 32.9 Å². The smallest absolute Gasteiger partial charge is 0.254 e. The predicted molar refractivity (Wildman–Crippen MR) is 137 cm³/mol. The van der Waals surface area contributed by atoms with Crippen molar-refractivity contribution < 1.29 is 4.79 Å². The van der Waals surface area contributed by atoms with E-state index in [9.17, 15) is 4.79 Å². The largest absolute Gasteiger partial charge is 0.331 e. The summed E-state index contributed by atoms with van der Waals surface area (Å²) in [4.78, 5) is 15.3. The molecule has 0 N–H and O–H groups in total. The van der Waals surface area contributed by atoms with E-state index >= 15 is 0 Å². The van der Waals surface area contributed by atoms with Crippen LogP contribution >= 0.6 is 31.9 Å². The van der Waals surface area contributed by atoms with Crippen LogP contribution in [0.2, 0.25) is 0 Å². The van der Waals surface area contributed by atoms with E-state index in [0.717, 1.165) is 26.5 Å². The van der Waals surface area contributed by atoms with Gasteiger partial charge >= 0.3 is 0 Å². The molecule has 0 aliphatic carbocycles. The lowest BCUT2D eigenvalue weighted by atomic mass is 10.1. The third-order valence-electron chi connectivity index (χ3n) is 5.41. The molecule has 4 rings (SSSR count). The number of carbonyl (C=O) groups is 1. The topological polar surface area (TPSA) is 74.8 Å². The van der Waals surface area contributed by atoms with Gasteiger partial charge in [0.25, 0.3) is 5.91 Å². The van der Waals surface area contributed by atoms with Gasteiger partial charge in [0.2, 0.25) is 0 Å². The number of carbonyl (C=O) groups excluding carboxylic acids is 1. The van der Waals surface area contributed by atoms with E-state index in [0.29, 0.717) is 36.6 Å². The third kappa shape index (κ3) is 6.19. The van der Waals surface area contributed by atoms with Crippen LogP contribution in [-0.4, -0.2) is 32.1 Å². The van der Waals surface area contributed by atoms with Crippen molar-refractivity contribution >= 4 is 37.8 Å². The summed E-state index contributed by atoms with van der Waals surface area (Å²) in [7, 11) is 0. The van der Waals surface area contributed by atoms with Crippen molar-refractivity contribution in [1.82, 2.24) is 19.7 Å². The van der Waals surface area contributed by atoms with Gasteiger partial charge in [-0.1, -0.05) is 62.2 Å². The first kappa shape index (κ1) is 23.9. The molecule has 0 aliphatic rings. The zero-order valence-corrected chi connectivity index (χ0v) is 21.4. The summed E-state index contributed by atoms with van der Waals surface area (Å²) in [5.41, 5.74) is 3.41. The van der Waals surface area contributed by atoms with Gasteiger partial charge in [-0.3, -0.25) is 4.79 Å². The molecule has 1 aromatic heterocycles. The summed E-state index contributed by atoms with van der Waals surface area (Å²) in [6.45, 7) is 1.43. The molecule has 0 bridgehead atoms. The van der Waals surface area contributed by atoms with Gasteiger partial charge in [0.15, 0.2) is 5.82 Å². The summed E-state index contributed by atoms with van der Waals surface area (Å²) in [6, 6.07) is 25.1. The molecule has 170 valence electrons. The van der Waals surface area contributed by atoms with Crippen molar-refractivity contribution in [3.8, 4) is 6.07 Å².